The van der Waals surface area contributed by atoms with Gasteiger partial charge in [-0.1, -0.05) is 13.8 Å². The van der Waals surface area contributed by atoms with Crippen molar-refractivity contribution in [1.29, 1.82) is 0 Å². The number of β-amino-alcohol motifs (C(OH)–C–C–N with tert-alkyl or cyclic N) is 1. The molecule has 3 nitrogen and oxygen atoms in total. The second-order valence-electron chi connectivity index (χ2n) is 3.26. The van der Waals surface area contributed by atoms with E-state index in [2.05, 4.69) is 18.7 Å². The van der Waals surface area contributed by atoms with E-state index in [1.807, 2.05) is 0 Å². The Morgan fingerprint density at radius 2 is 2.36 bits per heavy atom. The summed E-state index contributed by atoms with van der Waals surface area (Å²) in [5.41, 5.74) is 0. The Morgan fingerprint density at radius 1 is 1.64 bits per heavy atom. The van der Waals surface area contributed by atoms with Crippen LogP contribution in [0.5, 0.6) is 0 Å². The zero-order valence-corrected chi connectivity index (χ0v) is 7.29. The van der Waals surface area contributed by atoms with Gasteiger partial charge in [0.2, 0.25) is 0 Å². The van der Waals surface area contributed by atoms with Crippen LogP contribution in [0.4, 0.5) is 0 Å². The molecule has 0 aliphatic carbocycles. The number of ether oxygens (including phenoxy) is 1. The minimum absolute atomic E-state index is 0.224. The highest BCUT2D eigenvalue weighted by Gasteiger charge is 2.26. The fourth-order valence-electron chi connectivity index (χ4n) is 1.50. The van der Waals surface area contributed by atoms with E-state index < -0.39 is 0 Å². The average Bonchev–Trinajstić information content (AvgIpc) is 2.36. The van der Waals surface area contributed by atoms with Crippen molar-refractivity contribution in [2.24, 2.45) is 5.92 Å². The van der Waals surface area contributed by atoms with Gasteiger partial charge in [-0.2, -0.15) is 0 Å². The van der Waals surface area contributed by atoms with Crippen LogP contribution in [0.1, 0.15) is 13.8 Å². The van der Waals surface area contributed by atoms with Crippen molar-refractivity contribution in [2.75, 3.05) is 26.3 Å². The third kappa shape index (κ3) is 2.15. The van der Waals surface area contributed by atoms with Gasteiger partial charge in [-0.05, 0) is 5.92 Å². The van der Waals surface area contributed by atoms with E-state index in [4.69, 9.17) is 9.84 Å². The summed E-state index contributed by atoms with van der Waals surface area (Å²) in [4.78, 5) is 2.19. The Bertz CT molecular complexity index is 117. The highest BCUT2D eigenvalue weighted by molar-refractivity contribution is 4.71. The maximum absolute atomic E-state index is 8.73. The van der Waals surface area contributed by atoms with Gasteiger partial charge < -0.3 is 9.84 Å². The minimum Gasteiger partial charge on any atom is -0.395 e. The maximum atomic E-state index is 8.73. The smallest absolute Gasteiger partial charge is 0.113 e. The van der Waals surface area contributed by atoms with Gasteiger partial charge in [-0.15, -0.1) is 0 Å². The minimum atomic E-state index is 0.224. The van der Waals surface area contributed by atoms with Crippen LogP contribution in [0.15, 0.2) is 0 Å². The Morgan fingerprint density at radius 3 is 2.91 bits per heavy atom. The van der Waals surface area contributed by atoms with Crippen molar-refractivity contribution in [1.82, 2.24) is 4.90 Å². The van der Waals surface area contributed by atoms with E-state index in [1.54, 1.807) is 0 Å². The Labute approximate surface area is 68.0 Å². The standard InChI is InChI=1S/C8H17NO2/c1-7(2)8-9(3-5-10)4-6-11-8/h7-8,10H,3-6H2,1-2H3/t8-/m0/s1. The molecule has 0 aromatic carbocycles. The Kier molecular flexibility index (Phi) is 3.30. The van der Waals surface area contributed by atoms with Gasteiger partial charge in [-0.3, -0.25) is 4.90 Å². The Hall–Kier alpha value is -0.120. The molecular weight excluding hydrogens is 142 g/mol. The van der Waals surface area contributed by atoms with Crippen LogP contribution in [-0.4, -0.2) is 42.5 Å². The molecule has 1 N–H and O–H groups in total. The molecule has 11 heavy (non-hydrogen) atoms. The topological polar surface area (TPSA) is 32.7 Å². The number of hydrogen-bond acceptors (Lipinski definition) is 3. The molecule has 1 rings (SSSR count). The lowest BCUT2D eigenvalue weighted by atomic mass is 10.2. The first-order valence-electron chi connectivity index (χ1n) is 4.22. The molecule has 1 heterocycles. The molecule has 1 saturated heterocycles. The second-order valence-corrected chi connectivity index (χ2v) is 3.26. The van der Waals surface area contributed by atoms with Crippen LogP contribution < -0.4 is 0 Å². The predicted molar refractivity (Wildman–Crippen MR) is 43.2 cm³/mol. The summed E-state index contributed by atoms with van der Waals surface area (Å²) < 4.78 is 5.49. The molecule has 66 valence electrons. The first-order chi connectivity index (χ1) is 5.25. The van der Waals surface area contributed by atoms with E-state index in [1.165, 1.54) is 0 Å². The molecule has 1 aliphatic rings. The van der Waals surface area contributed by atoms with Gasteiger partial charge in [0, 0.05) is 13.1 Å². The van der Waals surface area contributed by atoms with Crippen LogP contribution in [0.2, 0.25) is 0 Å². The quantitative estimate of drug-likeness (QED) is 0.642. The summed E-state index contributed by atoms with van der Waals surface area (Å²) in [7, 11) is 0. The number of hydrogen-bond donors (Lipinski definition) is 1. The maximum Gasteiger partial charge on any atom is 0.113 e. The third-order valence-corrected chi connectivity index (χ3v) is 1.98. The summed E-state index contributed by atoms with van der Waals surface area (Å²) in [6, 6.07) is 0. The van der Waals surface area contributed by atoms with Crippen molar-refractivity contribution in [3.05, 3.63) is 0 Å². The van der Waals surface area contributed by atoms with Crippen LogP contribution in [0, 0.1) is 5.92 Å². The largest absolute Gasteiger partial charge is 0.395 e. The van der Waals surface area contributed by atoms with Gasteiger partial charge in [-0.25, -0.2) is 0 Å². The summed E-state index contributed by atoms with van der Waals surface area (Å²) >= 11 is 0. The summed E-state index contributed by atoms with van der Waals surface area (Å²) in [6.07, 6.45) is 0.224. The van der Waals surface area contributed by atoms with Crippen molar-refractivity contribution in [3.8, 4) is 0 Å². The van der Waals surface area contributed by atoms with E-state index >= 15 is 0 Å². The van der Waals surface area contributed by atoms with Crippen molar-refractivity contribution < 1.29 is 9.84 Å². The van der Waals surface area contributed by atoms with Gasteiger partial charge in [0.05, 0.1) is 13.2 Å². The molecular formula is C8H17NO2. The molecule has 0 aromatic heterocycles. The summed E-state index contributed by atoms with van der Waals surface area (Å²) in [5, 5.41) is 8.73. The molecule has 0 spiro atoms. The molecule has 0 bridgehead atoms. The van der Waals surface area contributed by atoms with Crippen molar-refractivity contribution in [3.63, 3.8) is 0 Å². The molecule has 1 aliphatic heterocycles. The van der Waals surface area contributed by atoms with Gasteiger partial charge in [0.15, 0.2) is 0 Å². The SMILES string of the molecule is CC(C)[C@@H]1OCCN1CCO. The molecule has 1 fully saturated rings. The number of rotatable bonds is 3. The first-order valence-corrected chi connectivity index (χ1v) is 4.22. The predicted octanol–water partition coefficient (Wildman–Crippen LogP) is 0.293. The Balaban J connectivity index is 2.37. The monoisotopic (exact) mass is 159 g/mol. The average molecular weight is 159 g/mol. The zero-order chi connectivity index (χ0) is 8.27. The van der Waals surface area contributed by atoms with Crippen LogP contribution in [0.25, 0.3) is 0 Å². The van der Waals surface area contributed by atoms with E-state index in [9.17, 15) is 0 Å². The fraction of sp³-hybridized carbons (Fsp3) is 1.00. The van der Waals surface area contributed by atoms with E-state index in [0.717, 1.165) is 19.7 Å². The molecule has 3 heteroatoms. The van der Waals surface area contributed by atoms with Gasteiger partial charge in [0.1, 0.15) is 6.23 Å². The van der Waals surface area contributed by atoms with Gasteiger partial charge in [0.25, 0.3) is 0 Å². The molecule has 0 saturated carbocycles. The van der Waals surface area contributed by atoms with E-state index in [-0.39, 0.29) is 12.8 Å². The first kappa shape index (κ1) is 8.97. The molecule has 0 aromatic rings. The molecule has 0 amide bonds. The molecule has 0 unspecified atom stereocenters. The van der Waals surface area contributed by atoms with Gasteiger partial charge >= 0.3 is 0 Å². The highest BCUT2D eigenvalue weighted by Crippen LogP contribution is 2.16. The highest BCUT2D eigenvalue weighted by atomic mass is 16.5. The summed E-state index contributed by atoms with van der Waals surface area (Å²) in [6.45, 7) is 7.02. The lowest BCUT2D eigenvalue weighted by Gasteiger charge is -2.24. The number of nitrogens with zero attached hydrogens (tertiary/aromatic N) is 1. The fourth-order valence-corrected chi connectivity index (χ4v) is 1.50. The van der Waals surface area contributed by atoms with Crippen LogP contribution in [0.3, 0.4) is 0 Å². The van der Waals surface area contributed by atoms with Crippen LogP contribution in [-0.2, 0) is 4.74 Å². The van der Waals surface area contributed by atoms with E-state index in [0.29, 0.717) is 5.92 Å². The second kappa shape index (κ2) is 4.04. The molecule has 1 atom stereocenters. The zero-order valence-electron chi connectivity index (χ0n) is 7.29. The number of aliphatic hydroxyl groups excluding tert-OH is 1. The summed E-state index contributed by atoms with van der Waals surface area (Å²) in [5.74, 6) is 0.518. The normalized spacial score (nSPS) is 26.7. The molecule has 0 radical (unpaired) electrons. The third-order valence-electron chi connectivity index (χ3n) is 1.98. The lowest BCUT2D eigenvalue weighted by Crippen LogP contribution is -2.36. The van der Waals surface area contributed by atoms with Crippen molar-refractivity contribution >= 4 is 0 Å². The van der Waals surface area contributed by atoms with Crippen molar-refractivity contribution in [2.45, 2.75) is 20.1 Å². The van der Waals surface area contributed by atoms with Crippen LogP contribution >= 0.6 is 0 Å². The lowest BCUT2D eigenvalue weighted by molar-refractivity contribution is -0.00721. The number of aliphatic hydroxyl groups is 1.